The van der Waals surface area contributed by atoms with E-state index in [0.717, 1.165) is 31.5 Å². The molecule has 1 N–H and O–H groups in total. The van der Waals surface area contributed by atoms with Gasteiger partial charge in [-0.25, -0.2) is 0 Å². The van der Waals surface area contributed by atoms with Crippen LogP contribution >= 0.6 is 0 Å². The molecule has 0 saturated carbocycles. The van der Waals surface area contributed by atoms with E-state index in [4.69, 9.17) is 4.52 Å². The van der Waals surface area contributed by atoms with Crippen molar-refractivity contribution in [3.63, 3.8) is 0 Å². The Labute approximate surface area is 119 Å². The van der Waals surface area contributed by atoms with Crippen molar-refractivity contribution in [3.05, 3.63) is 17.5 Å². The van der Waals surface area contributed by atoms with E-state index in [9.17, 15) is 4.79 Å². The summed E-state index contributed by atoms with van der Waals surface area (Å²) < 4.78 is 5.16. The Morgan fingerprint density at radius 1 is 1.45 bits per heavy atom. The highest BCUT2D eigenvalue weighted by Gasteiger charge is 2.38. The average Bonchev–Trinajstić information content (AvgIpc) is 3.01. The van der Waals surface area contributed by atoms with Crippen molar-refractivity contribution in [3.8, 4) is 0 Å². The van der Waals surface area contributed by atoms with Gasteiger partial charge in [0.25, 0.3) is 5.91 Å². The second kappa shape index (κ2) is 5.56. The molecule has 5 heteroatoms. The number of hydrogen-bond donors (Lipinski definition) is 1. The van der Waals surface area contributed by atoms with E-state index < -0.39 is 0 Å². The zero-order chi connectivity index (χ0) is 14.1. The van der Waals surface area contributed by atoms with Crippen LogP contribution < -0.4 is 5.32 Å². The Balaban J connectivity index is 1.76. The van der Waals surface area contributed by atoms with Crippen LogP contribution in [0.5, 0.6) is 0 Å². The average molecular weight is 277 g/mol. The van der Waals surface area contributed by atoms with Gasteiger partial charge in [-0.2, -0.15) is 0 Å². The van der Waals surface area contributed by atoms with Gasteiger partial charge >= 0.3 is 0 Å². The maximum Gasteiger partial charge on any atom is 0.292 e. The lowest BCUT2D eigenvalue weighted by atomic mass is 9.97. The van der Waals surface area contributed by atoms with Crippen LogP contribution in [0.4, 0.5) is 0 Å². The fourth-order valence-corrected chi connectivity index (χ4v) is 3.58. The minimum Gasteiger partial charge on any atom is -0.351 e. The minimum atomic E-state index is -0.00116. The van der Waals surface area contributed by atoms with Crippen molar-refractivity contribution < 1.29 is 9.32 Å². The number of aromatic nitrogens is 1. The highest BCUT2D eigenvalue weighted by Crippen LogP contribution is 2.30. The first kappa shape index (κ1) is 13.6. The third-order valence-electron chi connectivity index (χ3n) is 4.45. The summed E-state index contributed by atoms with van der Waals surface area (Å²) in [6, 6.07) is 3.25. The van der Waals surface area contributed by atoms with Crippen LogP contribution in [0.3, 0.4) is 0 Å². The Kier molecular flexibility index (Phi) is 3.78. The highest BCUT2D eigenvalue weighted by molar-refractivity contribution is 5.91. The van der Waals surface area contributed by atoms with Crippen molar-refractivity contribution in [1.82, 2.24) is 15.4 Å². The third-order valence-corrected chi connectivity index (χ3v) is 4.45. The summed E-state index contributed by atoms with van der Waals surface area (Å²) in [5, 5.41) is 7.46. The summed E-state index contributed by atoms with van der Waals surface area (Å²) in [6.07, 6.45) is 5.59. The maximum atomic E-state index is 12.7. The lowest BCUT2D eigenvalue weighted by Gasteiger charge is -2.37. The Morgan fingerprint density at radius 2 is 2.15 bits per heavy atom. The molecule has 1 aromatic heterocycles. The number of piperidine rings is 1. The molecule has 2 aliphatic heterocycles. The van der Waals surface area contributed by atoms with E-state index >= 15 is 0 Å². The molecule has 2 saturated heterocycles. The van der Waals surface area contributed by atoms with Crippen LogP contribution in [0.15, 0.2) is 10.6 Å². The fraction of sp³-hybridized carbons (Fsp3) is 0.733. The Hall–Kier alpha value is -1.36. The smallest absolute Gasteiger partial charge is 0.292 e. The molecule has 3 heterocycles. The molecule has 2 aliphatic rings. The summed E-state index contributed by atoms with van der Waals surface area (Å²) in [4.78, 5) is 14.7. The molecule has 2 atom stereocenters. The van der Waals surface area contributed by atoms with Gasteiger partial charge in [-0.3, -0.25) is 4.79 Å². The molecule has 1 aromatic rings. The predicted molar refractivity (Wildman–Crippen MR) is 75.5 cm³/mol. The Morgan fingerprint density at radius 3 is 2.70 bits per heavy atom. The van der Waals surface area contributed by atoms with Crippen molar-refractivity contribution in [2.45, 2.75) is 64.1 Å². The van der Waals surface area contributed by atoms with Gasteiger partial charge in [0.2, 0.25) is 5.76 Å². The molecule has 1 amide bonds. The first-order valence-corrected chi connectivity index (χ1v) is 7.67. The van der Waals surface area contributed by atoms with Crippen molar-refractivity contribution in [2.75, 3.05) is 6.54 Å². The number of carbonyl (C=O) groups excluding carboxylic acids is 1. The van der Waals surface area contributed by atoms with Gasteiger partial charge in [-0.05, 0) is 39.0 Å². The summed E-state index contributed by atoms with van der Waals surface area (Å²) in [5.74, 6) is 0.376. The van der Waals surface area contributed by atoms with Crippen LogP contribution in [0, 0.1) is 6.92 Å². The van der Waals surface area contributed by atoms with Crippen LogP contribution in [-0.4, -0.2) is 40.6 Å². The molecule has 2 bridgehead atoms. The van der Waals surface area contributed by atoms with E-state index in [0.29, 0.717) is 23.9 Å². The van der Waals surface area contributed by atoms with Gasteiger partial charge in [0.15, 0.2) is 0 Å². The normalized spacial score (nSPS) is 28.6. The molecule has 3 rings (SSSR count). The molecule has 2 fully saturated rings. The zero-order valence-corrected chi connectivity index (χ0v) is 12.3. The number of hydrogen-bond acceptors (Lipinski definition) is 4. The van der Waals surface area contributed by atoms with Crippen LogP contribution in [0.1, 0.15) is 55.3 Å². The van der Waals surface area contributed by atoms with Crippen molar-refractivity contribution in [2.24, 2.45) is 0 Å². The number of aryl methyl sites for hydroxylation is 1. The molecule has 0 radical (unpaired) electrons. The van der Waals surface area contributed by atoms with Gasteiger partial charge in [-0.1, -0.05) is 12.1 Å². The second-order valence-corrected chi connectivity index (χ2v) is 6.09. The molecular formula is C15H23N3O2. The quantitative estimate of drug-likeness (QED) is 0.916. The first-order chi connectivity index (χ1) is 9.67. The molecule has 2 unspecified atom stereocenters. The van der Waals surface area contributed by atoms with E-state index in [-0.39, 0.29) is 5.91 Å². The van der Waals surface area contributed by atoms with Crippen LogP contribution in [-0.2, 0) is 0 Å². The SMILES string of the molecule is CCCN(C(=O)c1cc(C)no1)C1CC2CCC(C1)N2. The van der Waals surface area contributed by atoms with E-state index in [1.807, 2.05) is 11.8 Å². The highest BCUT2D eigenvalue weighted by atomic mass is 16.5. The van der Waals surface area contributed by atoms with E-state index in [2.05, 4.69) is 17.4 Å². The van der Waals surface area contributed by atoms with Crippen molar-refractivity contribution in [1.29, 1.82) is 0 Å². The van der Waals surface area contributed by atoms with Gasteiger partial charge < -0.3 is 14.7 Å². The van der Waals surface area contributed by atoms with E-state index in [1.165, 1.54) is 12.8 Å². The number of carbonyl (C=O) groups is 1. The fourth-order valence-electron chi connectivity index (χ4n) is 3.58. The topological polar surface area (TPSA) is 58.4 Å². The van der Waals surface area contributed by atoms with Crippen LogP contribution in [0.25, 0.3) is 0 Å². The summed E-state index contributed by atoms with van der Waals surface area (Å²) in [5.41, 5.74) is 0.759. The minimum absolute atomic E-state index is 0.00116. The lowest BCUT2D eigenvalue weighted by Crippen LogP contribution is -2.50. The first-order valence-electron chi connectivity index (χ1n) is 7.67. The monoisotopic (exact) mass is 277 g/mol. The molecule has 0 aromatic carbocycles. The van der Waals surface area contributed by atoms with Crippen molar-refractivity contribution >= 4 is 5.91 Å². The summed E-state index contributed by atoms with van der Waals surface area (Å²) >= 11 is 0. The summed E-state index contributed by atoms with van der Waals surface area (Å²) in [7, 11) is 0. The van der Waals surface area contributed by atoms with Gasteiger partial charge in [0.1, 0.15) is 0 Å². The van der Waals surface area contributed by atoms with Gasteiger partial charge in [-0.15, -0.1) is 0 Å². The Bertz CT molecular complexity index is 473. The molecule has 0 spiro atoms. The number of nitrogens with one attached hydrogen (secondary N) is 1. The third kappa shape index (κ3) is 2.59. The number of amides is 1. The number of fused-ring (bicyclic) bond motifs is 2. The molecule has 0 aliphatic carbocycles. The summed E-state index contributed by atoms with van der Waals surface area (Å²) in [6.45, 7) is 4.75. The number of rotatable bonds is 4. The van der Waals surface area contributed by atoms with Crippen LogP contribution in [0.2, 0.25) is 0 Å². The maximum absolute atomic E-state index is 12.7. The number of nitrogens with zero attached hydrogens (tertiary/aromatic N) is 2. The zero-order valence-electron chi connectivity index (χ0n) is 12.3. The molecule has 5 nitrogen and oxygen atoms in total. The van der Waals surface area contributed by atoms with E-state index in [1.54, 1.807) is 6.07 Å². The van der Waals surface area contributed by atoms with Gasteiger partial charge in [0, 0.05) is 30.7 Å². The largest absolute Gasteiger partial charge is 0.351 e. The van der Waals surface area contributed by atoms with Gasteiger partial charge in [0.05, 0.1) is 5.69 Å². The molecule has 20 heavy (non-hydrogen) atoms. The molecular weight excluding hydrogens is 254 g/mol. The molecule has 110 valence electrons. The lowest BCUT2D eigenvalue weighted by molar-refractivity contribution is 0.0575. The second-order valence-electron chi connectivity index (χ2n) is 6.09. The standard InChI is InChI=1S/C15H23N3O2/c1-3-6-18(15(19)14-7-10(2)17-20-14)13-8-11-4-5-12(9-13)16-11/h7,11-13,16H,3-6,8-9H2,1-2H3. The predicted octanol–water partition coefficient (Wildman–Crippen LogP) is 2.12.